The van der Waals surface area contributed by atoms with Crippen LogP contribution in [0.25, 0.3) is 0 Å². The molecular weight excluding hydrogens is 275 g/mol. The van der Waals surface area contributed by atoms with E-state index in [9.17, 15) is 18.0 Å². The molecule has 11 heteroatoms. The summed E-state index contributed by atoms with van der Waals surface area (Å²) in [5, 5.41) is 9.16. The van der Waals surface area contributed by atoms with Crippen LogP contribution >= 0.6 is 11.3 Å². The lowest BCUT2D eigenvalue weighted by atomic mass is 10.4. The molecule has 0 spiro atoms. The summed E-state index contributed by atoms with van der Waals surface area (Å²) in [6, 6.07) is 0. The topological polar surface area (TPSA) is 79.7 Å². The maximum atomic E-state index is 12.2. The highest BCUT2D eigenvalue weighted by atomic mass is 32.1. The number of carbonyl (C=O) groups excluding carboxylic acids is 1. The number of rotatable bonds is 2. The van der Waals surface area contributed by atoms with Gasteiger partial charge in [-0.05, 0) is 11.3 Å². The summed E-state index contributed by atoms with van der Waals surface area (Å²) >= 11 is 0.203. The summed E-state index contributed by atoms with van der Waals surface area (Å²) in [6.07, 6.45) is -4.57. The van der Waals surface area contributed by atoms with Gasteiger partial charge >= 0.3 is 11.4 Å². The number of hydrogen-bond acceptors (Lipinski definition) is 7. The fourth-order valence-corrected chi connectivity index (χ4v) is 1.58. The molecule has 2 heterocycles. The number of aromatic nitrogens is 2. The highest BCUT2D eigenvalue weighted by molar-refractivity contribution is 7.13. The molecule has 1 aliphatic rings. The molecular formula is C7H6F3N5O2S. The van der Waals surface area contributed by atoms with E-state index in [0.29, 0.717) is 0 Å². The van der Waals surface area contributed by atoms with E-state index in [0.717, 1.165) is 0 Å². The van der Waals surface area contributed by atoms with Crippen LogP contribution in [0.5, 0.6) is 5.19 Å². The molecule has 0 atom stereocenters. The van der Waals surface area contributed by atoms with Crippen LogP contribution in [0.3, 0.4) is 0 Å². The van der Waals surface area contributed by atoms with Crippen LogP contribution in [0.1, 0.15) is 5.01 Å². The van der Waals surface area contributed by atoms with Crippen LogP contribution < -0.4 is 10.3 Å². The lowest BCUT2D eigenvalue weighted by Gasteiger charge is -2.03. The smallest absolute Gasteiger partial charge is 0.323 e. The molecule has 1 amide bonds. The second kappa shape index (κ2) is 4.49. The Morgan fingerprint density at radius 1 is 1.50 bits per heavy atom. The van der Waals surface area contributed by atoms with Crippen molar-refractivity contribution in [3.05, 3.63) is 5.01 Å². The summed E-state index contributed by atoms with van der Waals surface area (Å²) in [6.45, 7) is 0.139. The third kappa shape index (κ3) is 2.56. The summed E-state index contributed by atoms with van der Waals surface area (Å²) in [5.41, 5.74) is 2.69. The van der Waals surface area contributed by atoms with Gasteiger partial charge in [0, 0.05) is 7.05 Å². The minimum Gasteiger partial charge on any atom is -0.323 e. The van der Waals surface area contributed by atoms with E-state index in [1.165, 1.54) is 12.1 Å². The predicted molar refractivity (Wildman–Crippen MR) is 53.7 cm³/mol. The van der Waals surface area contributed by atoms with Crippen molar-refractivity contribution in [1.29, 1.82) is 0 Å². The zero-order valence-electron chi connectivity index (χ0n) is 8.85. The van der Waals surface area contributed by atoms with Crippen LogP contribution in [-0.4, -0.2) is 40.4 Å². The first-order valence-electron chi connectivity index (χ1n) is 4.54. The Kier molecular flexibility index (Phi) is 3.17. The molecule has 1 N–H and O–H groups in total. The Morgan fingerprint density at radius 3 is 2.72 bits per heavy atom. The molecule has 98 valence electrons. The van der Waals surface area contributed by atoms with Crippen LogP contribution in [0.15, 0.2) is 5.16 Å². The standard InChI is InChI=1S/C7H6F3N5O2S/c1-15-4(16)3(2-11-15)14-17-6-13-12-5(18-6)7(8,9)10/h11H,2H2,1H3. The minimum atomic E-state index is -4.57. The van der Waals surface area contributed by atoms with Crippen molar-refractivity contribution in [2.75, 3.05) is 13.6 Å². The molecule has 1 aliphatic heterocycles. The third-order valence-electron chi connectivity index (χ3n) is 1.92. The van der Waals surface area contributed by atoms with Crippen LogP contribution in [-0.2, 0) is 11.0 Å². The van der Waals surface area contributed by atoms with Gasteiger partial charge < -0.3 is 4.84 Å². The second-order valence-electron chi connectivity index (χ2n) is 3.20. The van der Waals surface area contributed by atoms with Gasteiger partial charge in [0.2, 0.25) is 5.01 Å². The lowest BCUT2D eigenvalue weighted by Crippen LogP contribution is -2.29. The van der Waals surface area contributed by atoms with E-state index in [2.05, 4.69) is 25.6 Å². The van der Waals surface area contributed by atoms with Gasteiger partial charge in [0.25, 0.3) is 5.91 Å². The number of nitrogens with one attached hydrogen (secondary N) is 1. The Balaban J connectivity index is 2.05. The molecule has 0 unspecified atom stereocenters. The Labute approximate surface area is 102 Å². The van der Waals surface area contributed by atoms with Crippen LogP contribution in [0.4, 0.5) is 13.2 Å². The van der Waals surface area contributed by atoms with Crippen molar-refractivity contribution >= 4 is 23.0 Å². The summed E-state index contributed by atoms with van der Waals surface area (Å²) < 4.78 is 36.6. The first-order valence-corrected chi connectivity index (χ1v) is 5.35. The zero-order chi connectivity index (χ0) is 13.3. The number of hydrogen-bond donors (Lipinski definition) is 1. The number of amides is 1. The Bertz CT molecular complexity index is 500. The number of alkyl halides is 3. The Morgan fingerprint density at radius 2 is 2.22 bits per heavy atom. The van der Waals surface area contributed by atoms with E-state index in [4.69, 9.17) is 0 Å². The molecule has 0 saturated carbocycles. The maximum Gasteiger partial charge on any atom is 0.445 e. The van der Waals surface area contributed by atoms with E-state index < -0.39 is 17.1 Å². The molecule has 0 bridgehead atoms. The van der Waals surface area contributed by atoms with Gasteiger partial charge in [-0.2, -0.15) is 13.2 Å². The van der Waals surface area contributed by atoms with Crippen molar-refractivity contribution in [2.24, 2.45) is 5.16 Å². The van der Waals surface area contributed by atoms with Crippen molar-refractivity contribution < 1.29 is 22.8 Å². The summed E-state index contributed by atoms with van der Waals surface area (Å²) in [7, 11) is 1.48. The highest BCUT2D eigenvalue weighted by Gasteiger charge is 2.36. The number of hydrazine groups is 1. The molecule has 0 aromatic carbocycles. The number of carbonyl (C=O) groups is 1. The number of halogens is 3. The summed E-state index contributed by atoms with van der Waals surface area (Å²) in [4.78, 5) is 16.0. The first-order chi connectivity index (χ1) is 8.38. The molecule has 0 aliphatic carbocycles. The Hall–Kier alpha value is -1.75. The molecule has 1 aromatic heterocycles. The normalized spacial score (nSPS) is 18.8. The molecule has 2 rings (SSSR count). The highest BCUT2D eigenvalue weighted by Crippen LogP contribution is 2.33. The third-order valence-corrected chi connectivity index (χ3v) is 2.76. The lowest BCUT2D eigenvalue weighted by molar-refractivity contribution is -0.138. The average molecular weight is 281 g/mol. The average Bonchev–Trinajstić information content (AvgIpc) is 2.86. The fourth-order valence-electron chi connectivity index (χ4n) is 1.06. The van der Waals surface area contributed by atoms with Crippen molar-refractivity contribution in [3.8, 4) is 5.19 Å². The molecule has 1 fully saturated rings. The van der Waals surface area contributed by atoms with Gasteiger partial charge in [0.1, 0.15) is 0 Å². The molecule has 0 radical (unpaired) electrons. The van der Waals surface area contributed by atoms with Crippen molar-refractivity contribution in [2.45, 2.75) is 6.18 Å². The van der Waals surface area contributed by atoms with Gasteiger partial charge in [-0.25, -0.2) is 5.43 Å². The largest absolute Gasteiger partial charge is 0.445 e. The van der Waals surface area contributed by atoms with Gasteiger partial charge in [-0.15, -0.1) is 5.10 Å². The first kappa shape index (κ1) is 12.7. The van der Waals surface area contributed by atoms with Crippen LogP contribution in [0, 0.1) is 0 Å². The van der Waals surface area contributed by atoms with Gasteiger partial charge in [-0.3, -0.25) is 9.80 Å². The number of oxime groups is 1. The predicted octanol–water partition coefficient (Wildman–Crippen LogP) is 0.268. The van der Waals surface area contributed by atoms with E-state index >= 15 is 0 Å². The maximum absolute atomic E-state index is 12.2. The van der Waals surface area contributed by atoms with E-state index in [-0.39, 0.29) is 28.8 Å². The van der Waals surface area contributed by atoms with E-state index in [1.54, 1.807) is 0 Å². The SMILES string of the molecule is CN1NCC(=NOc2nnc(C(F)(F)F)s2)C1=O. The second-order valence-corrected chi connectivity index (χ2v) is 4.14. The molecule has 18 heavy (non-hydrogen) atoms. The van der Waals surface area contributed by atoms with Gasteiger partial charge in [0.15, 0.2) is 5.71 Å². The summed E-state index contributed by atoms with van der Waals surface area (Å²) in [5.74, 6) is -0.421. The monoisotopic (exact) mass is 281 g/mol. The van der Waals surface area contributed by atoms with Crippen molar-refractivity contribution in [1.82, 2.24) is 20.6 Å². The molecule has 1 aromatic rings. The van der Waals surface area contributed by atoms with Crippen LogP contribution in [0.2, 0.25) is 0 Å². The zero-order valence-corrected chi connectivity index (χ0v) is 9.67. The minimum absolute atomic E-state index is 0.0428. The quantitative estimate of drug-likeness (QED) is 0.787. The molecule has 1 saturated heterocycles. The molecule has 7 nitrogen and oxygen atoms in total. The van der Waals surface area contributed by atoms with E-state index in [1.807, 2.05) is 0 Å². The fraction of sp³-hybridized carbons (Fsp3) is 0.429. The van der Waals surface area contributed by atoms with Gasteiger partial charge in [-0.1, -0.05) is 10.3 Å². The van der Waals surface area contributed by atoms with Crippen molar-refractivity contribution in [3.63, 3.8) is 0 Å². The number of nitrogens with zero attached hydrogens (tertiary/aromatic N) is 4. The van der Waals surface area contributed by atoms with Gasteiger partial charge in [0.05, 0.1) is 6.54 Å².